The number of Topliss-reactive ketones (excluding diaryl/α,β-unsaturated/α-hetero) is 1. The number of amides is 1. The Bertz CT molecular complexity index is 206. The number of nitrogens with one attached hydrogen (secondary N) is 1. The van der Waals surface area contributed by atoms with Gasteiger partial charge >= 0.3 is 0 Å². The standard InChI is InChI=1S/C8H14N2O3/c1-13-6-7(11)4-10-3-2-9-8(12)5-10/h2-6H2,1H3,(H,9,12). The molecule has 0 aromatic carbocycles. The molecule has 1 amide bonds. The second kappa shape index (κ2) is 4.94. The van der Waals surface area contributed by atoms with Crippen molar-refractivity contribution >= 4 is 11.7 Å². The van der Waals surface area contributed by atoms with E-state index in [1.54, 1.807) is 0 Å². The van der Waals surface area contributed by atoms with E-state index in [0.717, 1.165) is 6.54 Å². The smallest absolute Gasteiger partial charge is 0.234 e. The fourth-order valence-corrected chi connectivity index (χ4v) is 1.28. The lowest BCUT2D eigenvalue weighted by atomic mass is 10.3. The molecule has 0 aromatic heterocycles. The van der Waals surface area contributed by atoms with E-state index in [1.807, 2.05) is 4.90 Å². The topological polar surface area (TPSA) is 58.6 Å². The molecule has 0 aromatic rings. The van der Waals surface area contributed by atoms with Gasteiger partial charge in [-0.05, 0) is 0 Å². The van der Waals surface area contributed by atoms with Gasteiger partial charge in [0.1, 0.15) is 6.61 Å². The van der Waals surface area contributed by atoms with Crippen LogP contribution in [0.15, 0.2) is 0 Å². The average molecular weight is 186 g/mol. The van der Waals surface area contributed by atoms with Crippen LogP contribution in [0.25, 0.3) is 0 Å². The van der Waals surface area contributed by atoms with Gasteiger partial charge in [-0.1, -0.05) is 0 Å². The first-order valence-electron chi connectivity index (χ1n) is 4.22. The second-order valence-corrected chi connectivity index (χ2v) is 3.03. The van der Waals surface area contributed by atoms with Crippen LogP contribution in [0.4, 0.5) is 0 Å². The van der Waals surface area contributed by atoms with Crippen LogP contribution in [0, 0.1) is 0 Å². The second-order valence-electron chi connectivity index (χ2n) is 3.03. The molecule has 0 radical (unpaired) electrons. The first-order chi connectivity index (χ1) is 6.22. The summed E-state index contributed by atoms with van der Waals surface area (Å²) < 4.78 is 4.70. The highest BCUT2D eigenvalue weighted by Gasteiger charge is 2.17. The predicted octanol–water partition coefficient (Wildman–Crippen LogP) is -1.37. The first-order valence-corrected chi connectivity index (χ1v) is 4.22. The van der Waals surface area contributed by atoms with Gasteiger partial charge in [-0.25, -0.2) is 0 Å². The molecule has 0 unspecified atom stereocenters. The van der Waals surface area contributed by atoms with Crippen molar-refractivity contribution in [3.05, 3.63) is 0 Å². The van der Waals surface area contributed by atoms with E-state index >= 15 is 0 Å². The molecule has 5 heteroatoms. The Morgan fingerprint density at radius 1 is 1.69 bits per heavy atom. The Kier molecular flexibility index (Phi) is 3.85. The van der Waals surface area contributed by atoms with Gasteiger partial charge in [-0.15, -0.1) is 0 Å². The summed E-state index contributed by atoms with van der Waals surface area (Å²) >= 11 is 0. The molecule has 5 nitrogen and oxygen atoms in total. The Hall–Kier alpha value is -0.940. The quantitative estimate of drug-likeness (QED) is 0.588. The molecule has 74 valence electrons. The monoisotopic (exact) mass is 186 g/mol. The third-order valence-corrected chi connectivity index (χ3v) is 1.82. The van der Waals surface area contributed by atoms with Crippen LogP contribution in [-0.4, -0.2) is 56.5 Å². The Morgan fingerprint density at radius 3 is 3.08 bits per heavy atom. The van der Waals surface area contributed by atoms with E-state index in [1.165, 1.54) is 7.11 Å². The number of hydrogen-bond donors (Lipinski definition) is 1. The molecule has 1 N–H and O–H groups in total. The van der Waals surface area contributed by atoms with E-state index in [-0.39, 0.29) is 18.3 Å². The van der Waals surface area contributed by atoms with Gasteiger partial charge < -0.3 is 10.1 Å². The molecule has 0 spiro atoms. The predicted molar refractivity (Wildman–Crippen MR) is 46.3 cm³/mol. The third-order valence-electron chi connectivity index (χ3n) is 1.82. The molecular weight excluding hydrogens is 172 g/mol. The molecule has 1 rings (SSSR count). The van der Waals surface area contributed by atoms with Crippen LogP contribution in [0.3, 0.4) is 0 Å². The summed E-state index contributed by atoms with van der Waals surface area (Å²) in [5, 5.41) is 2.69. The molecule has 0 saturated carbocycles. The van der Waals surface area contributed by atoms with Crippen molar-refractivity contribution in [2.45, 2.75) is 0 Å². The largest absolute Gasteiger partial charge is 0.377 e. The number of carbonyl (C=O) groups is 2. The third kappa shape index (κ3) is 3.52. The van der Waals surface area contributed by atoms with Crippen LogP contribution in [0.5, 0.6) is 0 Å². The van der Waals surface area contributed by atoms with Gasteiger partial charge in [0.2, 0.25) is 5.91 Å². The summed E-state index contributed by atoms with van der Waals surface area (Å²) in [4.78, 5) is 23.9. The molecule has 1 aliphatic heterocycles. The zero-order chi connectivity index (χ0) is 9.68. The van der Waals surface area contributed by atoms with Crippen molar-refractivity contribution in [2.24, 2.45) is 0 Å². The van der Waals surface area contributed by atoms with Gasteiger partial charge in [-0.2, -0.15) is 0 Å². The molecule has 1 saturated heterocycles. The molecule has 1 fully saturated rings. The van der Waals surface area contributed by atoms with Gasteiger partial charge in [0.05, 0.1) is 13.1 Å². The zero-order valence-electron chi connectivity index (χ0n) is 7.71. The molecule has 0 bridgehead atoms. The first kappa shape index (κ1) is 10.1. The van der Waals surface area contributed by atoms with E-state index in [9.17, 15) is 9.59 Å². The lowest BCUT2D eigenvalue weighted by molar-refractivity contribution is -0.127. The van der Waals surface area contributed by atoms with Gasteiger partial charge in [0.15, 0.2) is 5.78 Å². The molecule has 0 atom stereocenters. The maximum absolute atomic E-state index is 11.1. The van der Waals surface area contributed by atoms with Crippen molar-refractivity contribution < 1.29 is 14.3 Å². The summed E-state index contributed by atoms with van der Waals surface area (Å²) in [6.07, 6.45) is 0. The Morgan fingerprint density at radius 2 is 2.46 bits per heavy atom. The van der Waals surface area contributed by atoms with Crippen molar-refractivity contribution in [2.75, 3.05) is 39.9 Å². The lowest BCUT2D eigenvalue weighted by Crippen LogP contribution is -2.49. The number of rotatable bonds is 4. The van der Waals surface area contributed by atoms with Crippen LogP contribution < -0.4 is 5.32 Å². The van der Waals surface area contributed by atoms with Crippen molar-refractivity contribution in [1.29, 1.82) is 0 Å². The minimum Gasteiger partial charge on any atom is -0.377 e. The summed E-state index contributed by atoms with van der Waals surface area (Å²) in [7, 11) is 1.49. The van der Waals surface area contributed by atoms with E-state index in [4.69, 9.17) is 4.74 Å². The fraction of sp³-hybridized carbons (Fsp3) is 0.750. The van der Waals surface area contributed by atoms with Gasteiger partial charge in [0, 0.05) is 20.2 Å². The number of piperazine rings is 1. The van der Waals surface area contributed by atoms with Crippen LogP contribution in [0.1, 0.15) is 0 Å². The van der Waals surface area contributed by atoms with E-state index < -0.39 is 0 Å². The van der Waals surface area contributed by atoms with Gasteiger partial charge in [0.25, 0.3) is 0 Å². The number of nitrogens with zero attached hydrogens (tertiary/aromatic N) is 1. The molecule has 1 heterocycles. The number of ether oxygens (including phenoxy) is 1. The summed E-state index contributed by atoms with van der Waals surface area (Å²) in [6.45, 7) is 2.11. The van der Waals surface area contributed by atoms with Crippen molar-refractivity contribution in [3.8, 4) is 0 Å². The number of methoxy groups -OCH3 is 1. The van der Waals surface area contributed by atoms with Crippen molar-refractivity contribution in [3.63, 3.8) is 0 Å². The van der Waals surface area contributed by atoms with E-state index in [0.29, 0.717) is 19.6 Å². The number of carbonyl (C=O) groups excluding carboxylic acids is 2. The highest BCUT2D eigenvalue weighted by atomic mass is 16.5. The lowest BCUT2D eigenvalue weighted by Gasteiger charge is -2.25. The molecular formula is C8H14N2O3. The zero-order valence-corrected chi connectivity index (χ0v) is 7.71. The minimum absolute atomic E-state index is 0.0113. The average Bonchev–Trinajstić information content (AvgIpc) is 2.04. The highest BCUT2D eigenvalue weighted by Crippen LogP contribution is 1.93. The molecule has 13 heavy (non-hydrogen) atoms. The highest BCUT2D eigenvalue weighted by molar-refractivity contribution is 5.83. The minimum atomic E-state index is -0.0172. The maximum Gasteiger partial charge on any atom is 0.234 e. The van der Waals surface area contributed by atoms with Gasteiger partial charge in [-0.3, -0.25) is 14.5 Å². The molecule has 1 aliphatic rings. The summed E-state index contributed by atoms with van der Waals surface area (Å²) in [5.74, 6) is -0.00586. The Balaban J connectivity index is 2.27. The fourth-order valence-electron chi connectivity index (χ4n) is 1.28. The maximum atomic E-state index is 11.1. The number of ketones is 1. The summed E-state index contributed by atoms with van der Waals surface area (Å²) in [5.41, 5.74) is 0. The number of hydrogen-bond acceptors (Lipinski definition) is 4. The molecule has 0 aliphatic carbocycles. The van der Waals surface area contributed by atoms with Crippen molar-refractivity contribution in [1.82, 2.24) is 10.2 Å². The SMILES string of the molecule is COCC(=O)CN1CCNC(=O)C1. The van der Waals surface area contributed by atoms with E-state index in [2.05, 4.69) is 5.32 Å². The van der Waals surface area contributed by atoms with Crippen LogP contribution in [0.2, 0.25) is 0 Å². The van der Waals surface area contributed by atoms with Crippen LogP contribution >= 0.6 is 0 Å². The normalized spacial score (nSPS) is 18.4. The summed E-state index contributed by atoms with van der Waals surface area (Å²) in [6, 6.07) is 0. The van der Waals surface area contributed by atoms with Crippen LogP contribution in [-0.2, 0) is 14.3 Å². The Labute approximate surface area is 77.0 Å².